The molecule has 0 unspecified atom stereocenters. The van der Waals surface area contributed by atoms with Gasteiger partial charge < -0.3 is 15.9 Å². The molecule has 0 aromatic carbocycles. The number of aliphatic carboxylic acids is 2. The quantitative estimate of drug-likeness (QED) is 0.566. The third-order valence-electron chi connectivity index (χ3n) is 1.16. The molecule has 0 aromatic heterocycles. The Bertz CT molecular complexity index is 223. The highest BCUT2D eigenvalue weighted by Gasteiger charge is 2.00. The van der Waals surface area contributed by atoms with Gasteiger partial charge in [-0.3, -0.25) is 0 Å². The number of nitrogens with two attached hydrogens (primary N) is 1. The van der Waals surface area contributed by atoms with E-state index in [2.05, 4.69) is 13.2 Å². The summed E-state index contributed by atoms with van der Waals surface area (Å²) < 4.78 is 0. The summed E-state index contributed by atoms with van der Waals surface area (Å²) in [6.07, 6.45) is 2.02. The Balaban J connectivity index is 0. The lowest BCUT2D eigenvalue weighted by molar-refractivity contribution is -0.133. The third kappa shape index (κ3) is 13.0. The standard InChI is InChI=1S/C6H11NO2.C3H4O2/c1-5(6(8)9)3-2-4-7;1-2-3(4)5/h1-4,7H2,(H,8,9);2H,1H2,(H,4,5). The molecule has 5 heteroatoms. The van der Waals surface area contributed by atoms with Crippen molar-refractivity contribution in [3.63, 3.8) is 0 Å². The molecule has 4 N–H and O–H groups in total. The van der Waals surface area contributed by atoms with Crippen molar-refractivity contribution in [2.75, 3.05) is 6.54 Å². The molecule has 0 bridgehead atoms. The first-order valence-corrected chi connectivity index (χ1v) is 3.92. The van der Waals surface area contributed by atoms with Crippen LogP contribution in [0.25, 0.3) is 0 Å². The summed E-state index contributed by atoms with van der Waals surface area (Å²) in [5, 5.41) is 15.9. The van der Waals surface area contributed by atoms with Crippen molar-refractivity contribution in [1.82, 2.24) is 0 Å². The predicted molar refractivity (Wildman–Crippen MR) is 52.9 cm³/mol. The Morgan fingerprint density at radius 1 is 1.36 bits per heavy atom. The smallest absolute Gasteiger partial charge is 0.330 e. The molecule has 0 saturated carbocycles. The summed E-state index contributed by atoms with van der Waals surface area (Å²) in [6, 6.07) is 0. The van der Waals surface area contributed by atoms with Gasteiger partial charge in [0.15, 0.2) is 0 Å². The summed E-state index contributed by atoms with van der Waals surface area (Å²) in [4.78, 5) is 19.3. The maximum Gasteiger partial charge on any atom is 0.330 e. The van der Waals surface area contributed by atoms with Gasteiger partial charge in [0, 0.05) is 11.6 Å². The van der Waals surface area contributed by atoms with Crippen LogP contribution in [-0.2, 0) is 9.59 Å². The lowest BCUT2D eigenvalue weighted by atomic mass is 10.2. The van der Waals surface area contributed by atoms with Crippen molar-refractivity contribution >= 4 is 11.9 Å². The first-order valence-electron chi connectivity index (χ1n) is 3.92. The van der Waals surface area contributed by atoms with Gasteiger partial charge >= 0.3 is 11.9 Å². The van der Waals surface area contributed by atoms with Crippen LogP contribution in [0.1, 0.15) is 12.8 Å². The SMILES string of the molecule is C=C(CCCN)C(=O)O.C=CC(=O)O. The van der Waals surface area contributed by atoms with Gasteiger partial charge in [0.25, 0.3) is 0 Å². The van der Waals surface area contributed by atoms with Gasteiger partial charge in [0.1, 0.15) is 0 Å². The highest BCUT2D eigenvalue weighted by Crippen LogP contribution is 1.99. The maximum atomic E-state index is 10.1. The van der Waals surface area contributed by atoms with E-state index in [1.54, 1.807) is 0 Å². The molecule has 0 fully saturated rings. The number of carboxylic acid groups (broad SMARTS) is 2. The van der Waals surface area contributed by atoms with Gasteiger partial charge in [0.2, 0.25) is 0 Å². The summed E-state index contributed by atoms with van der Waals surface area (Å²) in [5.74, 6) is -1.91. The lowest BCUT2D eigenvalue weighted by Gasteiger charge is -1.95. The van der Waals surface area contributed by atoms with Crippen molar-refractivity contribution in [3.8, 4) is 0 Å². The average Bonchev–Trinajstić information content (AvgIpc) is 2.14. The monoisotopic (exact) mass is 201 g/mol. The second-order valence-corrected chi connectivity index (χ2v) is 2.34. The third-order valence-corrected chi connectivity index (χ3v) is 1.16. The van der Waals surface area contributed by atoms with E-state index in [1.165, 1.54) is 0 Å². The molecule has 14 heavy (non-hydrogen) atoms. The van der Waals surface area contributed by atoms with Gasteiger partial charge in [-0.2, -0.15) is 0 Å². The zero-order valence-electron chi connectivity index (χ0n) is 7.90. The molecule has 0 rings (SSSR count). The summed E-state index contributed by atoms with van der Waals surface area (Å²) in [7, 11) is 0. The van der Waals surface area contributed by atoms with Crippen LogP contribution < -0.4 is 5.73 Å². The van der Waals surface area contributed by atoms with E-state index < -0.39 is 11.9 Å². The molecular formula is C9H15NO4. The van der Waals surface area contributed by atoms with Crippen LogP contribution in [0.5, 0.6) is 0 Å². The van der Waals surface area contributed by atoms with Gasteiger partial charge in [-0.1, -0.05) is 13.2 Å². The maximum absolute atomic E-state index is 10.1. The minimum Gasteiger partial charge on any atom is -0.478 e. The van der Waals surface area contributed by atoms with E-state index in [0.717, 1.165) is 6.08 Å². The lowest BCUT2D eigenvalue weighted by Crippen LogP contribution is -2.03. The molecule has 0 atom stereocenters. The van der Waals surface area contributed by atoms with E-state index in [9.17, 15) is 9.59 Å². The average molecular weight is 201 g/mol. The molecule has 0 saturated heterocycles. The zero-order valence-corrected chi connectivity index (χ0v) is 7.90. The summed E-state index contributed by atoms with van der Waals surface area (Å²) in [5.41, 5.74) is 5.38. The van der Waals surface area contributed by atoms with E-state index >= 15 is 0 Å². The molecule has 0 aliphatic rings. The molecule has 0 aliphatic carbocycles. The van der Waals surface area contributed by atoms with Crippen molar-refractivity contribution in [3.05, 3.63) is 24.8 Å². The van der Waals surface area contributed by atoms with Crippen LogP contribution in [0.3, 0.4) is 0 Å². The second-order valence-electron chi connectivity index (χ2n) is 2.34. The van der Waals surface area contributed by atoms with Crippen molar-refractivity contribution < 1.29 is 19.8 Å². The highest BCUT2D eigenvalue weighted by atomic mass is 16.4. The van der Waals surface area contributed by atoms with Crippen molar-refractivity contribution in [1.29, 1.82) is 0 Å². The van der Waals surface area contributed by atoms with Crippen LogP contribution in [0.2, 0.25) is 0 Å². The van der Waals surface area contributed by atoms with Gasteiger partial charge in [0.05, 0.1) is 0 Å². The fraction of sp³-hybridized carbons (Fsp3) is 0.333. The van der Waals surface area contributed by atoms with Crippen LogP contribution in [0.4, 0.5) is 0 Å². The van der Waals surface area contributed by atoms with E-state index in [1.807, 2.05) is 0 Å². The molecule has 5 nitrogen and oxygen atoms in total. The Labute approximate surface area is 82.5 Å². The molecule has 0 aliphatic heterocycles. The summed E-state index contributed by atoms with van der Waals surface area (Å²) >= 11 is 0. The molecule has 0 amide bonds. The molecule has 0 heterocycles. The molecule has 0 aromatic rings. The van der Waals surface area contributed by atoms with Crippen LogP contribution >= 0.6 is 0 Å². The van der Waals surface area contributed by atoms with Crippen molar-refractivity contribution in [2.45, 2.75) is 12.8 Å². The Hall–Kier alpha value is -1.62. The second kappa shape index (κ2) is 9.47. The molecular weight excluding hydrogens is 186 g/mol. The minimum absolute atomic E-state index is 0.237. The minimum atomic E-state index is -0.981. The number of hydrogen-bond acceptors (Lipinski definition) is 3. The Kier molecular flexibility index (Phi) is 10.1. The normalized spacial score (nSPS) is 8.07. The van der Waals surface area contributed by atoms with E-state index in [-0.39, 0.29) is 5.57 Å². The number of carboxylic acids is 2. The van der Waals surface area contributed by atoms with E-state index in [4.69, 9.17) is 15.9 Å². The first kappa shape index (κ1) is 14.9. The van der Waals surface area contributed by atoms with Gasteiger partial charge in [-0.05, 0) is 19.4 Å². The Morgan fingerprint density at radius 3 is 2.00 bits per heavy atom. The molecule has 0 radical (unpaired) electrons. The van der Waals surface area contributed by atoms with Crippen LogP contribution in [0.15, 0.2) is 24.8 Å². The van der Waals surface area contributed by atoms with Gasteiger partial charge in [-0.25, -0.2) is 9.59 Å². The largest absolute Gasteiger partial charge is 0.478 e. The fourth-order valence-electron chi connectivity index (χ4n) is 0.422. The zero-order chi connectivity index (χ0) is 11.6. The molecule has 80 valence electrons. The van der Waals surface area contributed by atoms with Crippen LogP contribution in [0, 0.1) is 0 Å². The first-order chi connectivity index (χ1) is 6.45. The van der Waals surface area contributed by atoms with Crippen LogP contribution in [-0.4, -0.2) is 28.7 Å². The summed E-state index contributed by atoms with van der Waals surface area (Å²) in [6.45, 7) is 6.82. The fourth-order valence-corrected chi connectivity index (χ4v) is 0.422. The number of rotatable bonds is 5. The topological polar surface area (TPSA) is 101 Å². The molecule has 0 spiro atoms. The number of carbonyl (C=O) groups is 2. The number of hydrogen-bond donors (Lipinski definition) is 3. The Morgan fingerprint density at radius 2 is 1.79 bits per heavy atom. The predicted octanol–water partition coefficient (Wildman–Crippen LogP) is 0.623. The van der Waals surface area contributed by atoms with E-state index in [0.29, 0.717) is 19.4 Å². The highest BCUT2D eigenvalue weighted by molar-refractivity contribution is 5.85. The van der Waals surface area contributed by atoms with Crippen molar-refractivity contribution in [2.24, 2.45) is 5.73 Å². The van der Waals surface area contributed by atoms with Gasteiger partial charge in [-0.15, -0.1) is 0 Å².